The van der Waals surface area contributed by atoms with Crippen LogP contribution in [0, 0.1) is 5.41 Å². The van der Waals surface area contributed by atoms with Gasteiger partial charge in [-0.15, -0.1) is 11.3 Å². The molecule has 0 radical (unpaired) electrons. The van der Waals surface area contributed by atoms with E-state index in [0.717, 1.165) is 42.6 Å². The third-order valence-electron chi connectivity index (χ3n) is 6.54. The van der Waals surface area contributed by atoms with Crippen LogP contribution in [-0.2, 0) is 9.84 Å². The van der Waals surface area contributed by atoms with Gasteiger partial charge >= 0.3 is 0 Å². The van der Waals surface area contributed by atoms with Gasteiger partial charge in [0.1, 0.15) is 10.6 Å². The minimum absolute atomic E-state index is 0.00698. The molecule has 33 heavy (non-hydrogen) atoms. The Morgan fingerprint density at radius 1 is 1.06 bits per heavy atom. The molecule has 2 aliphatic heterocycles. The van der Waals surface area contributed by atoms with Crippen molar-refractivity contribution in [2.24, 2.45) is 5.41 Å². The van der Waals surface area contributed by atoms with E-state index in [1.807, 2.05) is 24.0 Å². The van der Waals surface area contributed by atoms with Gasteiger partial charge in [0, 0.05) is 43.4 Å². The molecule has 2 aromatic rings. The molecule has 0 aliphatic carbocycles. The molecule has 4 rings (SSSR count). The maximum atomic E-state index is 13.0. The smallest absolute Gasteiger partial charge is 0.265 e. The summed E-state index contributed by atoms with van der Waals surface area (Å²) in [6.07, 6.45) is 3.60. The lowest BCUT2D eigenvalue weighted by molar-refractivity contribution is 0.0566. The van der Waals surface area contributed by atoms with Gasteiger partial charge in [0.05, 0.1) is 16.5 Å². The fourth-order valence-corrected chi connectivity index (χ4v) is 7.49. The SMILES string of the molecule is CCOc1ccc(C(=O)N2CCC3(CC2)CCN(C(=O)c2scc(S(C)(=O)=O)c2Cl)C3)cc1. The van der Waals surface area contributed by atoms with E-state index in [4.69, 9.17) is 16.3 Å². The molecule has 0 saturated carbocycles. The first-order valence-corrected chi connectivity index (χ1v) is 14.1. The number of piperidine rings is 1. The van der Waals surface area contributed by atoms with Gasteiger partial charge in [0.25, 0.3) is 11.8 Å². The zero-order valence-electron chi connectivity index (χ0n) is 18.7. The summed E-state index contributed by atoms with van der Waals surface area (Å²) in [5.74, 6) is 0.541. The quantitative estimate of drug-likeness (QED) is 0.607. The Hall–Kier alpha value is -2.10. The minimum Gasteiger partial charge on any atom is -0.494 e. The van der Waals surface area contributed by atoms with E-state index in [9.17, 15) is 18.0 Å². The molecule has 1 spiro atoms. The number of likely N-dealkylation sites (tertiary alicyclic amines) is 2. The molecule has 1 aromatic heterocycles. The van der Waals surface area contributed by atoms with Crippen LogP contribution in [0.15, 0.2) is 34.5 Å². The summed E-state index contributed by atoms with van der Waals surface area (Å²) < 4.78 is 29.1. The number of hydrogen-bond acceptors (Lipinski definition) is 6. The van der Waals surface area contributed by atoms with Crippen molar-refractivity contribution >= 4 is 44.6 Å². The second-order valence-electron chi connectivity index (χ2n) is 8.74. The molecular weight excluding hydrogens is 484 g/mol. The maximum Gasteiger partial charge on any atom is 0.265 e. The molecule has 0 N–H and O–H groups in total. The van der Waals surface area contributed by atoms with Crippen LogP contribution in [0.4, 0.5) is 0 Å². The molecular formula is C23H27ClN2O5S2. The van der Waals surface area contributed by atoms with E-state index in [0.29, 0.717) is 38.3 Å². The summed E-state index contributed by atoms with van der Waals surface area (Å²) in [6.45, 7) is 4.99. The lowest BCUT2D eigenvalue weighted by Crippen LogP contribution is -2.44. The van der Waals surface area contributed by atoms with Crippen LogP contribution in [0.5, 0.6) is 5.75 Å². The highest BCUT2D eigenvalue weighted by molar-refractivity contribution is 7.91. The minimum atomic E-state index is -3.48. The third kappa shape index (κ3) is 4.90. The monoisotopic (exact) mass is 510 g/mol. The van der Waals surface area contributed by atoms with Crippen LogP contribution in [0.2, 0.25) is 5.02 Å². The Morgan fingerprint density at radius 3 is 2.21 bits per heavy atom. The first kappa shape index (κ1) is 24.0. The van der Waals surface area contributed by atoms with Crippen LogP contribution in [0.3, 0.4) is 0 Å². The molecule has 2 fully saturated rings. The number of halogens is 1. The number of thiophene rings is 1. The van der Waals surface area contributed by atoms with Crippen LogP contribution < -0.4 is 4.74 Å². The van der Waals surface area contributed by atoms with Gasteiger partial charge in [-0.25, -0.2) is 8.42 Å². The van der Waals surface area contributed by atoms with E-state index in [1.54, 1.807) is 17.0 Å². The van der Waals surface area contributed by atoms with E-state index in [-0.39, 0.29) is 32.0 Å². The number of amides is 2. The number of benzene rings is 1. The molecule has 2 saturated heterocycles. The largest absolute Gasteiger partial charge is 0.494 e. The Kier molecular flexibility index (Phi) is 6.75. The van der Waals surface area contributed by atoms with Crippen LogP contribution in [0.25, 0.3) is 0 Å². The fraction of sp³-hybridized carbons (Fsp3) is 0.478. The number of nitrogens with zero attached hydrogens (tertiary/aromatic N) is 2. The molecule has 178 valence electrons. The van der Waals surface area contributed by atoms with E-state index >= 15 is 0 Å². The molecule has 1 aromatic carbocycles. The normalized spacial score (nSPS) is 18.0. The Balaban J connectivity index is 1.37. The van der Waals surface area contributed by atoms with Crippen LogP contribution in [0.1, 0.15) is 46.2 Å². The number of carbonyl (C=O) groups excluding carboxylic acids is 2. The second kappa shape index (κ2) is 9.27. The summed E-state index contributed by atoms with van der Waals surface area (Å²) in [6, 6.07) is 7.22. The van der Waals surface area contributed by atoms with Crippen molar-refractivity contribution in [2.75, 3.05) is 39.0 Å². The Bertz CT molecular complexity index is 1150. The van der Waals surface area contributed by atoms with Gasteiger partial charge in [0.15, 0.2) is 9.84 Å². The van der Waals surface area contributed by atoms with Gasteiger partial charge in [-0.1, -0.05) is 11.6 Å². The number of hydrogen-bond donors (Lipinski definition) is 0. The zero-order valence-corrected chi connectivity index (χ0v) is 21.1. The lowest BCUT2D eigenvalue weighted by atomic mass is 9.77. The fourth-order valence-electron chi connectivity index (χ4n) is 4.61. The molecule has 0 bridgehead atoms. The molecule has 2 aliphatic rings. The van der Waals surface area contributed by atoms with Crippen molar-refractivity contribution in [1.29, 1.82) is 0 Å². The van der Waals surface area contributed by atoms with E-state index in [2.05, 4.69) is 0 Å². The maximum absolute atomic E-state index is 13.0. The standard InChI is InChI=1S/C23H27ClN2O5S2/c1-3-31-17-6-4-16(5-7-17)21(27)25-11-8-23(9-12-25)10-13-26(15-23)22(28)20-19(24)18(14-32-20)33(2,29)30/h4-7,14H,3,8-13,15H2,1-2H3. The highest BCUT2D eigenvalue weighted by atomic mass is 35.5. The predicted octanol–water partition coefficient (Wildman–Crippen LogP) is 3.97. The van der Waals surface area contributed by atoms with Gasteiger partial charge in [-0.2, -0.15) is 0 Å². The number of rotatable bonds is 5. The molecule has 2 amide bonds. The topological polar surface area (TPSA) is 84.0 Å². The highest BCUT2D eigenvalue weighted by Crippen LogP contribution is 2.42. The van der Waals surface area contributed by atoms with Crippen molar-refractivity contribution in [3.05, 3.63) is 45.1 Å². The van der Waals surface area contributed by atoms with Gasteiger partial charge in [-0.3, -0.25) is 9.59 Å². The highest BCUT2D eigenvalue weighted by Gasteiger charge is 2.43. The number of ether oxygens (including phenoxy) is 1. The molecule has 0 atom stereocenters. The van der Waals surface area contributed by atoms with Crippen LogP contribution >= 0.6 is 22.9 Å². The summed E-state index contributed by atoms with van der Waals surface area (Å²) in [7, 11) is -3.48. The van der Waals surface area contributed by atoms with Crippen molar-refractivity contribution in [3.8, 4) is 5.75 Å². The Labute approximate surface area is 203 Å². The number of sulfone groups is 1. The van der Waals surface area contributed by atoms with Gasteiger partial charge < -0.3 is 14.5 Å². The molecule has 3 heterocycles. The summed E-state index contributed by atoms with van der Waals surface area (Å²) in [5.41, 5.74) is 0.626. The van der Waals surface area contributed by atoms with Gasteiger partial charge in [-0.05, 0) is 55.9 Å². The van der Waals surface area contributed by atoms with Crippen molar-refractivity contribution < 1.29 is 22.7 Å². The van der Waals surface area contributed by atoms with Crippen LogP contribution in [-0.4, -0.2) is 69.1 Å². The van der Waals surface area contributed by atoms with Crippen molar-refractivity contribution in [2.45, 2.75) is 31.1 Å². The average Bonchev–Trinajstić information content (AvgIpc) is 3.38. The molecule has 10 heteroatoms. The first-order valence-electron chi connectivity index (χ1n) is 10.9. The zero-order chi connectivity index (χ0) is 23.8. The predicted molar refractivity (Wildman–Crippen MR) is 128 cm³/mol. The second-order valence-corrected chi connectivity index (χ2v) is 12.0. The lowest BCUT2D eigenvalue weighted by Gasteiger charge is -2.39. The summed E-state index contributed by atoms with van der Waals surface area (Å²) >= 11 is 7.31. The van der Waals surface area contributed by atoms with E-state index < -0.39 is 9.84 Å². The molecule has 0 unspecified atom stereocenters. The number of carbonyl (C=O) groups is 2. The summed E-state index contributed by atoms with van der Waals surface area (Å²) in [4.78, 5) is 29.9. The summed E-state index contributed by atoms with van der Waals surface area (Å²) in [5, 5.41) is 1.45. The van der Waals surface area contributed by atoms with Crippen molar-refractivity contribution in [3.63, 3.8) is 0 Å². The average molecular weight is 511 g/mol. The first-order chi connectivity index (χ1) is 15.6. The molecule has 7 nitrogen and oxygen atoms in total. The third-order valence-corrected chi connectivity index (χ3v) is 9.40. The Morgan fingerprint density at radius 2 is 1.67 bits per heavy atom. The van der Waals surface area contributed by atoms with E-state index in [1.165, 1.54) is 5.38 Å². The van der Waals surface area contributed by atoms with Gasteiger partial charge in [0.2, 0.25) is 0 Å². The van der Waals surface area contributed by atoms with Crippen molar-refractivity contribution in [1.82, 2.24) is 9.80 Å².